The first-order chi connectivity index (χ1) is 13.2. The number of anilines is 2. The molecule has 0 spiro atoms. The average Bonchev–Trinajstić information content (AvgIpc) is 3.33. The number of rotatable bonds is 6. The molecule has 3 heterocycles. The van der Waals surface area contributed by atoms with Crippen molar-refractivity contribution in [1.82, 2.24) is 25.1 Å². The maximum atomic E-state index is 14.0. The molecule has 1 aliphatic rings. The molecular weight excluding hydrogens is 363 g/mol. The molecule has 4 rings (SSSR count). The lowest BCUT2D eigenvalue weighted by molar-refractivity contribution is 0.241. The van der Waals surface area contributed by atoms with E-state index in [0.29, 0.717) is 23.1 Å². The highest BCUT2D eigenvalue weighted by molar-refractivity contribution is 7.15. The summed E-state index contributed by atoms with van der Waals surface area (Å²) in [6.45, 7) is 3.55. The normalized spacial score (nSPS) is 17.3. The molecule has 1 aromatic carbocycles. The fourth-order valence-corrected chi connectivity index (χ4v) is 4.04. The van der Waals surface area contributed by atoms with Crippen LogP contribution in [0, 0.1) is 5.82 Å². The van der Waals surface area contributed by atoms with E-state index < -0.39 is 0 Å². The fraction of sp³-hybridized carbons (Fsp3) is 0.368. The van der Waals surface area contributed by atoms with Crippen LogP contribution in [0.3, 0.4) is 0 Å². The SMILES string of the molecule is CCc1nnc(Nc2cncc([C@@H]3CCCN3Cc3ccccc3F)n2)s1. The number of halogens is 1. The van der Waals surface area contributed by atoms with E-state index in [1.54, 1.807) is 18.5 Å². The Balaban J connectivity index is 1.51. The van der Waals surface area contributed by atoms with Crippen LogP contribution in [0.25, 0.3) is 0 Å². The third-order valence-electron chi connectivity index (χ3n) is 4.69. The second-order valence-corrected chi connectivity index (χ2v) is 7.59. The summed E-state index contributed by atoms with van der Waals surface area (Å²) in [5, 5.41) is 13.1. The Bertz CT molecular complexity index is 914. The molecule has 1 atom stereocenters. The van der Waals surface area contributed by atoms with Gasteiger partial charge in [-0.1, -0.05) is 36.5 Å². The third kappa shape index (κ3) is 4.12. The zero-order chi connectivity index (χ0) is 18.6. The van der Waals surface area contributed by atoms with E-state index in [9.17, 15) is 4.39 Å². The summed E-state index contributed by atoms with van der Waals surface area (Å²) in [6.07, 6.45) is 6.40. The Morgan fingerprint density at radius 1 is 1.26 bits per heavy atom. The molecule has 6 nitrogen and oxygen atoms in total. The number of likely N-dealkylation sites (tertiary alicyclic amines) is 1. The van der Waals surface area contributed by atoms with Crippen molar-refractivity contribution in [2.45, 2.75) is 38.8 Å². The summed E-state index contributed by atoms with van der Waals surface area (Å²) >= 11 is 1.52. The van der Waals surface area contributed by atoms with Crippen LogP contribution in [0.4, 0.5) is 15.3 Å². The van der Waals surface area contributed by atoms with E-state index in [2.05, 4.69) is 32.3 Å². The highest BCUT2D eigenvalue weighted by atomic mass is 32.1. The summed E-state index contributed by atoms with van der Waals surface area (Å²) in [7, 11) is 0. The van der Waals surface area contributed by atoms with Gasteiger partial charge in [0, 0.05) is 12.1 Å². The van der Waals surface area contributed by atoms with Gasteiger partial charge in [-0.25, -0.2) is 9.37 Å². The molecule has 1 fully saturated rings. The Morgan fingerprint density at radius 3 is 2.96 bits per heavy atom. The summed E-state index contributed by atoms with van der Waals surface area (Å²) in [5.74, 6) is 0.497. The summed E-state index contributed by atoms with van der Waals surface area (Å²) in [5.41, 5.74) is 1.61. The number of benzene rings is 1. The standard InChI is InChI=1S/C19H21FN6S/c1-2-18-24-25-19(27-18)23-17-11-21-10-15(22-17)16-8-5-9-26(16)12-13-6-3-4-7-14(13)20/h3-4,6-7,10-11,16H,2,5,8-9,12H2,1H3,(H,22,23,25)/t16-/m0/s1. The molecule has 2 aromatic heterocycles. The van der Waals surface area contributed by atoms with Crippen LogP contribution in [-0.4, -0.2) is 31.6 Å². The van der Waals surface area contributed by atoms with Crippen molar-refractivity contribution in [1.29, 1.82) is 0 Å². The van der Waals surface area contributed by atoms with E-state index in [1.807, 2.05) is 12.1 Å². The molecule has 0 bridgehead atoms. The molecule has 0 radical (unpaired) electrons. The first kappa shape index (κ1) is 17.9. The molecule has 0 aliphatic carbocycles. The predicted molar refractivity (Wildman–Crippen MR) is 103 cm³/mol. The van der Waals surface area contributed by atoms with Gasteiger partial charge in [0.2, 0.25) is 5.13 Å². The van der Waals surface area contributed by atoms with Gasteiger partial charge in [0.1, 0.15) is 10.8 Å². The lowest BCUT2D eigenvalue weighted by Crippen LogP contribution is -2.24. The molecule has 1 aliphatic heterocycles. The van der Waals surface area contributed by atoms with Crippen molar-refractivity contribution in [3.8, 4) is 0 Å². The number of nitrogens with one attached hydrogen (secondary N) is 1. The highest BCUT2D eigenvalue weighted by Crippen LogP contribution is 2.33. The molecule has 0 unspecified atom stereocenters. The van der Waals surface area contributed by atoms with E-state index >= 15 is 0 Å². The quantitative estimate of drug-likeness (QED) is 0.690. The molecule has 1 saturated heterocycles. The molecule has 0 saturated carbocycles. The average molecular weight is 384 g/mol. The molecule has 8 heteroatoms. The van der Waals surface area contributed by atoms with Crippen LogP contribution in [0.15, 0.2) is 36.7 Å². The Labute approximate surface area is 161 Å². The molecular formula is C19H21FN6S. The van der Waals surface area contributed by atoms with E-state index in [-0.39, 0.29) is 11.9 Å². The van der Waals surface area contributed by atoms with Crippen molar-refractivity contribution in [2.75, 3.05) is 11.9 Å². The Morgan fingerprint density at radius 2 is 2.15 bits per heavy atom. The van der Waals surface area contributed by atoms with Crippen molar-refractivity contribution in [2.24, 2.45) is 0 Å². The van der Waals surface area contributed by atoms with Gasteiger partial charge in [-0.05, 0) is 31.9 Å². The minimum Gasteiger partial charge on any atom is -0.313 e. The van der Waals surface area contributed by atoms with E-state index in [0.717, 1.165) is 36.5 Å². The van der Waals surface area contributed by atoms with E-state index in [1.165, 1.54) is 17.4 Å². The van der Waals surface area contributed by atoms with Crippen molar-refractivity contribution in [3.63, 3.8) is 0 Å². The fourth-order valence-electron chi connectivity index (χ4n) is 3.35. The van der Waals surface area contributed by atoms with Gasteiger partial charge in [0.25, 0.3) is 0 Å². The van der Waals surface area contributed by atoms with Crippen molar-refractivity contribution in [3.05, 3.63) is 58.7 Å². The zero-order valence-electron chi connectivity index (χ0n) is 15.1. The van der Waals surface area contributed by atoms with Gasteiger partial charge in [-0.3, -0.25) is 9.88 Å². The molecule has 27 heavy (non-hydrogen) atoms. The molecule has 140 valence electrons. The van der Waals surface area contributed by atoms with Crippen molar-refractivity contribution >= 4 is 22.3 Å². The largest absolute Gasteiger partial charge is 0.313 e. The van der Waals surface area contributed by atoms with Crippen LogP contribution in [0.1, 0.15) is 42.1 Å². The first-order valence-corrected chi connectivity index (χ1v) is 9.93. The van der Waals surface area contributed by atoms with Crippen LogP contribution >= 0.6 is 11.3 Å². The summed E-state index contributed by atoms with van der Waals surface area (Å²) in [6, 6.07) is 7.09. The first-order valence-electron chi connectivity index (χ1n) is 9.11. The van der Waals surface area contributed by atoms with Gasteiger partial charge >= 0.3 is 0 Å². The topological polar surface area (TPSA) is 66.8 Å². The maximum Gasteiger partial charge on any atom is 0.211 e. The number of nitrogens with zero attached hydrogens (tertiary/aromatic N) is 5. The molecule has 1 N–H and O–H groups in total. The monoisotopic (exact) mass is 384 g/mol. The number of hydrogen-bond acceptors (Lipinski definition) is 7. The predicted octanol–water partition coefficient (Wildman–Crippen LogP) is 4.11. The zero-order valence-corrected chi connectivity index (χ0v) is 15.9. The van der Waals surface area contributed by atoms with Crippen molar-refractivity contribution < 1.29 is 4.39 Å². The lowest BCUT2D eigenvalue weighted by Gasteiger charge is -2.24. The summed E-state index contributed by atoms with van der Waals surface area (Å²) in [4.78, 5) is 11.3. The number of hydrogen-bond donors (Lipinski definition) is 1. The Kier molecular flexibility index (Phi) is 5.35. The van der Waals surface area contributed by atoms with Gasteiger partial charge in [0.05, 0.1) is 24.1 Å². The highest BCUT2D eigenvalue weighted by Gasteiger charge is 2.28. The second-order valence-electron chi connectivity index (χ2n) is 6.53. The number of aromatic nitrogens is 4. The maximum absolute atomic E-state index is 14.0. The number of aryl methyl sites for hydroxylation is 1. The van der Waals surface area contributed by atoms with Gasteiger partial charge in [-0.15, -0.1) is 10.2 Å². The molecule has 0 amide bonds. The van der Waals surface area contributed by atoms with Gasteiger partial charge in [-0.2, -0.15) is 0 Å². The Hall–Kier alpha value is -2.45. The lowest BCUT2D eigenvalue weighted by atomic mass is 10.1. The summed E-state index contributed by atoms with van der Waals surface area (Å²) < 4.78 is 14.0. The minimum atomic E-state index is -0.160. The smallest absolute Gasteiger partial charge is 0.211 e. The van der Waals surface area contributed by atoms with E-state index in [4.69, 9.17) is 4.98 Å². The van der Waals surface area contributed by atoms with Crippen LogP contribution in [0.2, 0.25) is 0 Å². The van der Waals surface area contributed by atoms with Crippen LogP contribution in [-0.2, 0) is 13.0 Å². The molecule has 3 aromatic rings. The van der Waals surface area contributed by atoms with Crippen LogP contribution < -0.4 is 5.32 Å². The van der Waals surface area contributed by atoms with Gasteiger partial charge in [0.15, 0.2) is 5.82 Å². The van der Waals surface area contributed by atoms with Crippen LogP contribution in [0.5, 0.6) is 0 Å². The second kappa shape index (κ2) is 8.06. The van der Waals surface area contributed by atoms with Gasteiger partial charge < -0.3 is 5.32 Å². The third-order valence-corrected chi connectivity index (χ3v) is 5.68. The minimum absolute atomic E-state index is 0.138.